The van der Waals surface area contributed by atoms with Gasteiger partial charge in [-0.25, -0.2) is 0 Å². The first-order chi connectivity index (χ1) is 3.73. The summed E-state index contributed by atoms with van der Waals surface area (Å²) in [6.45, 7) is 0. The zero-order valence-electron chi connectivity index (χ0n) is 3.83. The summed E-state index contributed by atoms with van der Waals surface area (Å²) in [6, 6.07) is 0. The average molecular weight is 244 g/mol. The Hall–Kier alpha value is 2.33. The van der Waals surface area contributed by atoms with Crippen LogP contribution in [0.15, 0.2) is 0 Å². The van der Waals surface area contributed by atoms with Gasteiger partial charge >= 0.3 is 68.3 Å². The molecule has 0 aromatic carbocycles. The van der Waals surface area contributed by atoms with E-state index in [1.165, 1.54) is 0 Å². The van der Waals surface area contributed by atoms with Crippen molar-refractivity contribution in [3.8, 4) is 0 Å². The molecule has 0 fully saturated rings. The molecule has 0 radical (unpaired) electrons. The Morgan fingerprint density at radius 2 is 1.18 bits per heavy atom. The summed E-state index contributed by atoms with van der Waals surface area (Å²) in [7, 11) is -3.97. The van der Waals surface area contributed by atoms with Crippen molar-refractivity contribution in [2.75, 3.05) is 0 Å². The topological polar surface area (TPSA) is 112 Å². The number of thiol groups is 1. The van der Waals surface area contributed by atoms with Crippen LogP contribution in [-0.2, 0) is 20.5 Å². The molecule has 0 aromatic heterocycles. The van der Waals surface area contributed by atoms with Gasteiger partial charge in [-0.05, 0) is 11.7 Å². The summed E-state index contributed by atoms with van der Waals surface area (Å²) in [5.74, 6) is 0. The standard InChI is InChI=1S/2Na.H2O3S2.H2O3S.2H/c;;1-5(2,3)4;1-4(2)3;;/h;;(H2,1,2,3,4);(H2,1,2,3);;. The third-order valence-electron chi connectivity index (χ3n) is 0. The first kappa shape index (κ1) is 23.3. The van der Waals surface area contributed by atoms with Gasteiger partial charge in [0, 0.05) is 0 Å². The van der Waals surface area contributed by atoms with E-state index >= 15 is 0 Å². The Bertz CT molecular complexity index is 158. The molecule has 0 spiro atoms. The normalized spacial score (nSPS) is 8.45. The Morgan fingerprint density at radius 3 is 1.18 bits per heavy atom. The zero-order chi connectivity index (χ0) is 8.08. The van der Waals surface area contributed by atoms with E-state index in [1.807, 2.05) is 0 Å². The summed E-state index contributed by atoms with van der Waals surface area (Å²) in [5.41, 5.74) is 0. The molecule has 0 unspecified atom stereocenters. The van der Waals surface area contributed by atoms with Crippen LogP contribution in [-0.4, -0.2) is 85.4 Å². The van der Waals surface area contributed by atoms with E-state index in [2.05, 4.69) is 11.7 Å². The van der Waals surface area contributed by atoms with Crippen LogP contribution in [0.3, 0.4) is 0 Å². The van der Waals surface area contributed by atoms with Crippen molar-refractivity contribution in [2.45, 2.75) is 0 Å². The van der Waals surface area contributed by atoms with Crippen molar-refractivity contribution in [1.29, 1.82) is 0 Å². The predicted octanol–water partition coefficient (Wildman–Crippen LogP) is -1.90. The van der Waals surface area contributed by atoms with Crippen LogP contribution in [0, 0.1) is 0 Å². The van der Waals surface area contributed by atoms with Gasteiger partial charge in [0.25, 0.3) is 11.4 Å². The van der Waals surface area contributed by atoms with Crippen molar-refractivity contribution in [2.24, 2.45) is 0 Å². The van der Waals surface area contributed by atoms with E-state index in [1.54, 1.807) is 0 Å². The van der Waals surface area contributed by atoms with Gasteiger partial charge in [0.15, 0.2) is 0 Å². The van der Waals surface area contributed by atoms with E-state index in [-0.39, 0.29) is 59.1 Å². The number of rotatable bonds is 0. The Labute approximate surface area is 116 Å². The van der Waals surface area contributed by atoms with E-state index in [0.29, 0.717) is 0 Å². The molecule has 6 nitrogen and oxygen atoms in total. The van der Waals surface area contributed by atoms with E-state index in [4.69, 9.17) is 26.3 Å². The van der Waals surface area contributed by atoms with Crippen molar-refractivity contribution in [3.63, 3.8) is 0 Å². The van der Waals surface area contributed by atoms with Gasteiger partial charge in [-0.2, -0.15) is 12.6 Å². The minimum absolute atomic E-state index is 0. The summed E-state index contributed by atoms with van der Waals surface area (Å²) < 4.78 is 48.3. The fourth-order valence-electron chi connectivity index (χ4n) is 0. The molecule has 11 heavy (non-hydrogen) atoms. The molecule has 0 rings (SSSR count). The average Bonchev–Trinajstić information content (AvgIpc) is 1.19. The number of hydrogen-bond acceptors (Lipinski definition) is 3. The van der Waals surface area contributed by atoms with E-state index in [9.17, 15) is 0 Å². The molecule has 0 heterocycles. The second kappa shape index (κ2) is 12.3. The monoisotopic (exact) mass is 244 g/mol. The van der Waals surface area contributed by atoms with E-state index in [0.717, 1.165) is 0 Å². The van der Waals surface area contributed by atoms with Crippen LogP contribution in [0.4, 0.5) is 0 Å². The molecular formula is H6Na2O6S3. The van der Waals surface area contributed by atoms with Crippen molar-refractivity contribution >= 4 is 91.3 Å². The molecule has 0 amide bonds. The van der Waals surface area contributed by atoms with Crippen molar-refractivity contribution in [1.82, 2.24) is 0 Å². The first-order valence-corrected chi connectivity index (χ1v) is 4.79. The third-order valence-corrected chi connectivity index (χ3v) is 0. The Balaban J connectivity index is -0.0000000383. The van der Waals surface area contributed by atoms with Gasteiger partial charge in [-0.15, -0.1) is 0 Å². The van der Waals surface area contributed by atoms with Crippen LogP contribution in [0.5, 0.6) is 0 Å². The summed E-state index contributed by atoms with van der Waals surface area (Å²) >= 11 is 0.0394. The van der Waals surface area contributed by atoms with Crippen LogP contribution in [0.1, 0.15) is 0 Å². The zero-order valence-corrected chi connectivity index (χ0v) is 6.36. The minimum atomic E-state index is -3.97. The maximum absolute atomic E-state index is 9.05. The van der Waals surface area contributed by atoms with Gasteiger partial charge in [0.2, 0.25) is 0 Å². The van der Waals surface area contributed by atoms with Crippen LogP contribution >= 0.6 is 11.7 Å². The quantitative estimate of drug-likeness (QED) is 0.130. The van der Waals surface area contributed by atoms with Crippen LogP contribution in [0.2, 0.25) is 0 Å². The molecule has 0 aliphatic heterocycles. The molecule has 11 heteroatoms. The Kier molecular flexibility index (Phi) is 26.1. The summed E-state index contributed by atoms with van der Waals surface area (Å²) in [6.07, 6.45) is 0. The maximum atomic E-state index is 9.05. The second-order valence-corrected chi connectivity index (χ2v) is 3.42. The SMILES string of the molecule is O=S(=O)(O)S.O=S(O)O.[NaH].[NaH]. The fourth-order valence-corrected chi connectivity index (χ4v) is 0. The molecule has 0 aromatic rings. The fraction of sp³-hybridized carbons (Fsp3) is 0. The van der Waals surface area contributed by atoms with Gasteiger partial charge in [0.05, 0.1) is 0 Å². The first-order valence-electron chi connectivity index (χ1n) is 1.23. The van der Waals surface area contributed by atoms with Gasteiger partial charge in [-0.3, -0.25) is 13.7 Å². The molecule has 0 saturated carbocycles. The van der Waals surface area contributed by atoms with Crippen molar-refractivity contribution in [3.05, 3.63) is 0 Å². The summed E-state index contributed by atoms with van der Waals surface area (Å²) in [4.78, 5) is 0. The van der Waals surface area contributed by atoms with Crippen LogP contribution in [0.25, 0.3) is 0 Å². The molecule has 0 saturated heterocycles. The van der Waals surface area contributed by atoms with Crippen molar-refractivity contribution < 1.29 is 26.3 Å². The molecule has 62 valence electrons. The third kappa shape index (κ3) is 242. The Morgan fingerprint density at radius 1 is 1.18 bits per heavy atom. The molecule has 0 bridgehead atoms. The van der Waals surface area contributed by atoms with Gasteiger partial charge < -0.3 is 0 Å². The van der Waals surface area contributed by atoms with Gasteiger partial charge in [0.1, 0.15) is 0 Å². The van der Waals surface area contributed by atoms with Crippen LogP contribution < -0.4 is 0 Å². The van der Waals surface area contributed by atoms with E-state index < -0.39 is 20.5 Å². The second-order valence-electron chi connectivity index (χ2n) is 0.679. The molecular weight excluding hydrogens is 238 g/mol. The molecule has 0 aliphatic carbocycles. The molecule has 0 atom stereocenters. The van der Waals surface area contributed by atoms with Gasteiger partial charge in [-0.1, -0.05) is 0 Å². The number of hydrogen-bond donors (Lipinski definition) is 4. The summed E-state index contributed by atoms with van der Waals surface area (Å²) in [5, 5.41) is 0. The molecule has 3 N–H and O–H groups in total. The molecule has 0 aliphatic rings. The predicted molar refractivity (Wildman–Crippen MR) is 48.2 cm³/mol.